The Morgan fingerprint density at radius 3 is 2.71 bits per heavy atom. The molecule has 1 N–H and O–H groups in total. The fourth-order valence-electron chi connectivity index (χ4n) is 2.74. The van der Waals surface area contributed by atoms with Gasteiger partial charge in [0.2, 0.25) is 0 Å². The quantitative estimate of drug-likeness (QED) is 0.825. The Balaban J connectivity index is 2.04. The number of benzene rings is 1. The molecule has 0 spiro atoms. The SMILES string of the molecule is OC1CCCC(CC[SiH3])C1Oc1ccccc1. The van der Waals surface area contributed by atoms with Crippen molar-refractivity contribution in [1.82, 2.24) is 0 Å². The van der Waals surface area contributed by atoms with Gasteiger partial charge in [-0.05, 0) is 37.3 Å². The van der Waals surface area contributed by atoms with Crippen LogP contribution in [0.5, 0.6) is 5.75 Å². The second-order valence-corrected chi connectivity index (χ2v) is 5.94. The Morgan fingerprint density at radius 2 is 2.00 bits per heavy atom. The smallest absolute Gasteiger partial charge is 0.127 e. The first-order valence-corrected chi connectivity index (χ1v) is 8.12. The molecule has 1 aliphatic carbocycles. The maximum Gasteiger partial charge on any atom is 0.127 e. The van der Waals surface area contributed by atoms with Crippen LogP contribution in [-0.2, 0) is 0 Å². The molecule has 0 amide bonds. The van der Waals surface area contributed by atoms with Gasteiger partial charge in [0, 0.05) is 10.2 Å². The second-order valence-electron chi connectivity index (χ2n) is 4.94. The molecule has 17 heavy (non-hydrogen) atoms. The van der Waals surface area contributed by atoms with Crippen molar-refractivity contribution in [3.8, 4) is 5.75 Å². The van der Waals surface area contributed by atoms with Gasteiger partial charge >= 0.3 is 0 Å². The summed E-state index contributed by atoms with van der Waals surface area (Å²) in [4.78, 5) is 0. The molecule has 2 rings (SSSR count). The van der Waals surface area contributed by atoms with Crippen molar-refractivity contribution < 1.29 is 9.84 Å². The lowest BCUT2D eigenvalue weighted by atomic mass is 9.82. The van der Waals surface area contributed by atoms with Crippen LogP contribution in [0.2, 0.25) is 6.04 Å². The van der Waals surface area contributed by atoms with Gasteiger partial charge in [-0.25, -0.2) is 0 Å². The van der Waals surface area contributed by atoms with Crippen molar-refractivity contribution in [3.63, 3.8) is 0 Å². The average molecular weight is 250 g/mol. The number of para-hydroxylation sites is 1. The van der Waals surface area contributed by atoms with Crippen molar-refractivity contribution in [2.75, 3.05) is 0 Å². The highest BCUT2D eigenvalue weighted by molar-refractivity contribution is 6.08. The Morgan fingerprint density at radius 1 is 1.24 bits per heavy atom. The number of hydrogen-bond acceptors (Lipinski definition) is 2. The van der Waals surface area contributed by atoms with Gasteiger partial charge in [-0.3, -0.25) is 0 Å². The first-order chi connectivity index (χ1) is 8.31. The van der Waals surface area contributed by atoms with E-state index in [0.29, 0.717) is 5.92 Å². The minimum absolute atomic E-state index is 0.0000926. The minimum atomic E-state index is -0.290. The zero-order chi connectivity index (χ0) is 12.1. The molecule has 0 aliphatic heterocycles. The van der Waals surface area contributed by atoms with E-state index in [1.54, 1.807) is 0 Å². The van der Waals surface area contributed by atoms with Gasteiger partial charge < -0.3 is 9.84 Å². The lowest BCUT2D eigenvalue weighted by Gasteiger charge is -2.35. The van der Waals surface area contributed by atoms with Crippen LogP contribution in [0.3, 0.4) is 0 Å². The van der Waals surface area contributed by atoms with Crippen molar-refractivity contribution >= 4 is 10.2 Å². The van der Waals surface area contributed by atoms with E-state index in [9.17, 15) is 5.11 Å². The highest BCUT2D eigenvalue weighted by Crippen LogP contribution is 2.31. The monoisotopic (exact) mass is 250 g/mol. The van der Waals surface area contributed by atoms with Crippen LogP contribution in [0.4, 0.5) is 0 Å². The summed E-state index contributed by atoms with van der Waals surface area (Å²) in [6.07, 6.45) is 4.15. The molecule has 0 bridgehead atoms. The van der Waals surface area contributed by atoms with Gasteiger partial charge in [-0.2, -0.15) is 0 Å². The standard InChI is InChI=1S/C14H22O2Si/c15-13-8-4-5-11(9-10-17)14(13)16-12-6-2-1-3-7-12/h1-3,6-7,11,13-15H,4-5,8-10H2,17H3. The van der Waals surface area contributed by atoms with Crippen LogP contribution in [0.1, 0.15) is 25.7 Å². The summed E-state index contributed by atoms with van der Waals surface area (Å²) in [6.45, 7) is 0. The molecule has 0 saturated heterocycles. The van der Waals surface area contributed by atoms with E-state index in [-0.39, 0.29) is 12.2 Å². The van der Waals surface area contributed by atoms with Crippen LogP contribution in [0.25, 0.3) is 0 Å². The van der Waals surface area contributed by atoms with E-state index in [4.69, 9.17) is 4.74 Å². The number of aliphatic hydroxyl groups excluding tert-OH is 1. The summed E-state index contributed by atoms with van der Waals surface area (Å²) >= 11 is 0. The molecule has 2 nitrogen and oxygen atoms in total. The fraction of sp³-hybridized carbons (Fsp3) is 0.571. The molecule has 0 aromatic heterocycles. The summed E-state index contributed by atoms with van der Waals surface area (Å²) in [5.74, 6) is 1.42. The van der Waals surface area contributed by atoms with Crippen LogP contribution < -0.4 is 4.74 Å². The molecule has 3 atom stereocenters. The summed E-state index contributed by atoms with van der Waals surface area (Å²) in [5, 5.41) is 10.1. The van der Waals surface area contributed by atoms with E-state index in [2.05, 4.69) is 0 Å². The number of rotatable bonds is 4. The average Bonchev–Trinajstić information content (AvgIpc) is 2.35. The highest BCUT2D eigenvalue weighted by Gasteiger charge is 2.33. The molecule has 3 unspecified atom stereocenters. The third-order valence-corrected chi connectivity index (χ3v) is 4.17. The predicted molar refractivity (Wildman–Crippen MR) is 73.6 cm³/mol. The molecule has 0 heterocycles. The molecule has 1 aliphatic rings. The van der Waals surface area contributed by atoms with Crippen LogP contribution in [0, 0.1) is 5.92 Å². The lowest BCUT2D eigenvalue weighted by molar-refractivity contribution is -0.0296. The van der Waals surface area contributed by atoms with Crippen molar-refractivity contribution in [2.45, 2.75) is 43.9 Å². The van der Waals surface area contributed by atoms with Crippen molar-refractivity contribution in [2.24, 2.45) is 5.92 Å². The molecule has 1 aromatic carbocycles. The second kappa shape index (κ2) is 6.22. The Labute approximate surface area is 106 Å². The summed E-state index contributed by atoms with van der Waals surface area (Å²) in [5.41, 5.74) is 0. The Bertz CT molecular complexity index is 326. The third kappa shape index (κ3) is 3.33. The molecular weight excluding hydrogens is 228 g/mol. The molecule has 3 heteroatoms. The Kier molecular flexibility index (Phi) is 4.63. The number of ether oxygens (including phenoxy) is 1. The maximum absolute atomic E-state index is 10.1. The van der Waals surface area contributed by atoms with Gasteiger partial charge in [0.1, 0.15) is 11.9 Å². The van der Waals surface area contributed by atoms with Gasteiger partial charge in [0.15, 0.2) is 0 Å². The van der Waals surface area contributed by atoms with E-state index in [1.807, 2.05) is 30.3 Å². The van der Waals surface area contributed by atoms with Crippen LogP contribution in [0.15, 0.2) is 30.3 Å². The van der Waals surface area contributed by atoms with Gasteiger partial charge in [-0.15, -0.1) is 0 Å². The van der Waals surface area contributed by atoms with E-state index in [0.717, 1.165) is 18.6 Å². The van der Waals surface area contributed by atoms with E-state index in [1.165, 1.54) is 29.1 Å². The highest BCUT2D eigenvalue weighted by atomic mass is 28.1. The first kappa shape index (κ1) is 12.6. The summed E-state index contributed by atoms with van der Waals surface area (Å²) < 4.78 is 6.00. The normalized spacial score (nSPS) is 29.1. The number of hydrogen-bond donors (Lipinski definition) is 1. The Hall–Kier alpha value is -0.803. The van der Waals surface area contributed by atoms with E-state index >= 15 is 0 Å². The molecule has 0 radical (unpaired) electrons. The molecular formula is C14H22O2Si. The zero-order valence-electron chi connectivity index (χ0n) is 10.5. The van der Waals surface area contributed by atoms with Crippen molar-refractivity contribution in [3.05, 3.63) is 30.3 Å². The number of aliphatic hydroxyl groups is 1. The third-order valence-electron chi connectivity index (χ3n) is 3.59. The van der Waals surface area contributed by atoms with Gasteiger partial charge in [0.05, 0.1) is 6.10 Å². The molecule has 94 valence electrons. The topological polar surface area (TPSA) is 29.5 Å². The fourth-order valence-corrected chi connectivity index (χ4v) is 3.48. The molecule has 1 fully saturated rings. The summed E-state index contributed by atoms with van der Waals surface area (Å²) in [6, 6.07) is 11.2. The summed E-state index contributed by atoms with van der Waals surface area (Å²) in [7, 11) is 1.24. The van der Waals surface area contributed by atoms with Gasteiger partial charge in [0.25, 0.3) is 0 Å². The van der Waals surface area contributed by atoms with Crippen LogP contribution >= 0.6 is 0 Å². The first-order valence-electron chi connectivity index (χ1n) is 6.71. The molecule has 1 aromatic rings. The zero-order valence-corrected chi connectivity index (χ0v) is 12.5. The maximum atomic E-state index is 10.1. The molecule has 1 saturated carbocycles. The van der Waals surface area contributed by atoms with Crippen LogP contribution in [-0.4, -0.2) is 27.6 Å². The minimum Gasteiger partial charge on any atom is -0.487 e. The lowest BCUT2D eigenvalue weighted by Crippen LogP contribution is -2.41. The van der Waals surface area contributed by atoms with Crippen molar-refractivity contribution in [1.29, 1.82) is 0 Å². The van der Waals surface area contributed by atoms with Gasteiger partial charge in [-0.1, -0.05) is 30.7 Å². The largest absolute Gasteiger partial charge is 0.487 e. The predicted octanol–water partition coefficient (Wildman–Crippen LogP) is 1.77. The van der Waals surface area contributed by atoms with E-state index < -0.39 is 0 Å².